The molecule has 0 bridgehead atoms. The van der Waals surface area contributed by atoms with Crippen LogP contribution in [0.5, 0.6) is 0 Å². The van der Waals surface area contributed by atoms with Crippen molar-refractivity contribution in [2.45, 2.75) is 33.3 Å². The Bertz CT molecular complexity index is 1060. The lowest BCUT2D eigenvalue weighted by Crippen LogP contribution is -2.10. The van der Waals surface area contributed by atoms with Crippen molar-refractivity contribution in [3.05, 3.63) is 75.1 Å². The zero-order valence-electron chi connectivity index (χ0n) is 16.9. The number of esters is 1. The lowest BCUT2D eigenvalue weighted by Gasteiger charge is -2.14. The van der Waals surface area contributed by atoms with Gasteiger partial charge in [-0.3, -0.25) is 0 Å². The molecule has 0 spiro atoms. The van der Waals surface area contributed by atoms with Gasteiger partial charge >= 0.3 is 11.6 Å². The summed E-state index contributed by atoms with van der Waals surface area (Å²) in [5.41, 5.74) is 4.41. The van der Waals surface area contributed by atoms with Gasteiger partial charge in [0.05, 0.1) is 5.56 Å². The molecule has 1 aromatic heterocycles. The number of benzene rings is 2. The predicted octanol–water partition coefficient (Wildman–Crippen LogP) is 4.65. The molecule has 1 heterocycles. The van der Waals surface area contributed by atoms with Crippen molar-refractivity contribution in [3.63, 3.8) is 0 Å². The average molecular weight is 379 g/mol. The van der Waals surface area contributed by atoms with E-state index in [1.807, 2.05) is 50.2 Å². The molecule has 0 aliphatic rings. The number of aryl methyl sites for hydroxylation is 1. The monoisotopic (exact) mass is 379 g/mol. The first kappa shape index (κ1) is 19.7. The number of ether oxygens (including phenoxy) is 1. The van der Waals surface area contributed by atoms with Crippen molar-refractivity contribution in [3.8, 4) is 0 Å². The van der Waals surface area contributed by atoms with E-state index >= 15 is 0 Å². The van der Waals surface area contributed by atoms with Crippen LogP contribution in [0.25, 0.3) is 11.0 Å². The summed E-state index contributed by atoms with van der Waals surface area (Å²) in [6.07, 6.45) is 0. The Balaban J connectivity index is 1.88. The highest BCUT2D eigenvalue weighted by Gasteiger charge is 2.14. The quantitative estimate of drug-likeness (QED) is 0.477. The van der Waals surface area contributed by atoms with Gasteiger partial charge in [-0.05, 0) is 60.4 Å². The molecular formula is C23H25NO4. The summed E-state index contributed by atoms with van der Waals surface area (Å²) in [7, 11) is 3.87. The first-order valence-electron chi connectivity index (χ1n) is 9.28. The Morgan fingerprint density at radius 2 is 1.79 bits per heavy atom. The summed E-state index contributed by atoms with van der Waals surface area (Å²) in [4.78, 5) is 26.3. The second kappa shape index (κ2) is 7.89. The largest absolute Gasteiger partial charge is 0.457 e. The molecule has 146 valence electrons. The molecule has 3 rings (SSSR count). The lowest BCUT2D eigenvalue weighted by molar-refractivity contribution is 0.0474. The number of carbonyl (C=O) groups excluding carboxylic acids is 1. The number of nitrogens with zero attached hydrogens (tertiary/aromatic N) is 1. The van der Waals surface area contributed by atoms with Crippen LogP contribution in [0.2, 0.25) is 0 Å². The molecule has 0 N–H and O–H groups in total. The van der Waals surface area contributed by atoms with Crippen LogP contribution < -0.4 is 10.5 Å². The van der Waals surface area contributed by atoms with E-state index in [1.54, 1.807) is 12.1 Å². The van der Waals surface area contributed by atoms with E-state index in [-0.39, 0.29) is 6.61 Å². The van der Waals surface area contributed by atoms with E-state index in [9.17, 15) is 9.59 Å². The topological polar surface area (TPSA) is 59.8 Å². The zero-order valence-corrected chi connectivity index (χ0v) is 16.9. The summed E-state index contributed by atoms with van der Waals surface area (Å²) in [6.45, 7) is 6.24. The SMILES string of the molecule is Cc1cc2oc(=O)cc(COC(=O)c3ccc(N(C)C)cc3)c2cc1C(C)C. The van der Waals surface area contributed by atoms with Gasteiger partial charge in [-0.2, -0.15) is 0 Å². The van der Waals surface area contributed by atoms with Crippen LogP contribution in [-0.4, -0.2) is 20.1 Å². The van der Waals surface area contributed by atoms with E-state index in [0.29, 0.717) is 22.6 Å². The maximum absolute atomic E-state index is 12.4. The van der Waals surface area contributed by atoms with Crippen molar-refractivity contribution in [2.75, 3.05) is 19.0 Å². The van der Waals surface area contributed by atoms with E-state index in [0.717, 1.165) is 16.6 Å². The van der Waals surface area contributed by atoms with E-state index in [4.69, 9.17) is 9.15 Å². The minimum Gasteiger partial charge on any atom is -0.457 e. The number of fused-ring (bicyclic) bond motifs is 1. The molecule has 0 fully saturated rings. The van der Waals surface area contributed by atoms with Gasteiger partial charge < -0.3 is 14.1 Å². The number of anilines is 1. The van der Waals surface area contributed by atoms with Gasteiger partial charge in [0.25, 0.3) is 0 Å². The van der Waals surface area contributed by atoms with Crippen molar-refractivity contribution in [1.29, 1.82) is 0 Å². The van der Waals surface area contributed by atoms with Gasteiger partial charge in [0.15, 0.2) is 0 Å². The van der Waals surface area contributed by atoms with Crippen molar-refractivity contribution in [2.24, 2.45) is 0 Å². The maximum atomic E-state index is 12.4. The van der Waals surface area contributed by atoms with Crippen molar-refractivity contribution in [1.82, 2.24) is 0 Å². The fourth-order valence-corrected chi connectivity index (χ4v) is 3.26. The van der Waals surface area contributed by atoms with Gasteiger partial charge in [-0.25, -0.2) is 9.59 Å². The van der Waals surface area contributed by atoms with Crippen LogP contribution in [0, 0.1) is 6.92 Å². The van der Waals surface area contributed by atoms with Crippen LogP contribution in [0.1, 0.15) is 46.8 Å². The lowest BCUT2D eigenvalue weighted by atomic mass is 9.95. The van der Waals surface area contributed by atoms with Gasteiger partial charge in [0.2, 0.25) is 0 Å². The van der Waals surface area contributed by atoms with Gasteiger partial charge in [-0.1, -0.05) is 13.8 Å². The van der Waals surface area contributed by atoms with Crippen molar-refractivity contribution < 1.29 is 13.9 Å². The predicted molar refractivity (Wildman–Crippen MR) is 111 cm³/mol. The maximum Gasteiger partial charge on any atom is 0.338 e. The highest BCUT2D eigenvalue weighted by Crippen LogP contribution is 2.27. The molecule has 28 heavy (non-hydrogen) atoms. The highest BCUT2D eigenvalue weighted by molar-refractivity contribution is 5.90. The normalized spacial score (nSPS) is 11.1. The Morgan fingerprint density at radius 3 is 2.39 bits per heavy atom. The summed E-state index contributed by atoms with van der Waals surface area (Å²) in [6, 6.07) is 12.5. The number of rotatable bonds is 5. The summed E-state index contributed by atoms with van der Waals surface area (Å²) in [5, 5.41) is 0.796. The zero-order chi connectivity index (χ0) is 20.4. The van der Waals surface area contributed by atoms with Gasteiger partial charge in [-0.15, -0.1) is 0 Å². The van der Waals surface area contributed by atoms with Crippen LogP contribution in [0.15, 0.2) is 51.7 Å². The average Bonchev–Trinajstić information content (AvgIpc) is 2.64. The van der Waals surface area contributed by atoms with E-state index in [2.05, 4.69) is 13.8 Å². The Hall–Kier alpha value is -3.08. The first-order valence-corrected chi connectivity index (χ1v) is 9.28. The molecule has 0 aliphatic heterocycles. The molecule has 2 aromatic carbocycles. The third-order valence-electron chi connectivity index (χ3n) is 4.82. The highest BCUT2D eigenvalue weighted by atomic mass is 16.5. The molecule has 0 aliphatic carbocycles. The standard InChI is InChI=1S/C23H25NO4/c1-14(2)19-12-20-17(11-22(25)28-21(20)10-15(19)3)13-27-23(26)16-6-8-18(9-7-16)24(4)5/h6-12,14H,13H2,1-5H3. The first-order chi connectivity index (χ1) is 13.3. The number of hydrogen-bond donors (Lipinski definition) is 0. The molecule has 5 heteroatoms. The summed E-state index contributed by atoms with van der Waals surface area (Å²) < 4.78 is 10.8. The Morgan fingerprint density at radius 1 is 1.11 bits per heavy atom. The van der Waals surface area contributed by atoms with Crippen molar-refractivity contribution >= 4 is 22.6 Å². The number of hydrogen-bond acceptors (Lipinski definition) is 5. The molecule has 5 nitrogen and oxygen atoms in total. The minimum absolute atomic E-state index is 0.0109. The molecule has 0 saturated carbocycles. The van der Waals surface area contributed by atoms with Crippen LogP contribution in [0.3, 0.4) is 0 Å². The second-order valence-corrected chi connectivity index (χ2v) is 7.47. The third kappa shape index (κ3) is 4.09. The fourth-order valence-electron chi connectivity index (χ4n) is 3.26. The van der Waals surface area contributed by atoms with Crippen LogP contribution in [0.4, 0.5) is 5.69 Å². The second-order valence-electron chi connectivity index (χ2n) is 7.47. The van der Waals surface area contributed by atoms with Crippen LogP contribution >= 0.6 is 0 Å². The summed E-state index contributed by atoms with van der Waals surface area (Å²) >= 11 is 0. The molecule has 0 radical (unpaired) electrons. The third-order valence-corrected chi connectivity index (χ3v) is 4.82. The molecule has 0 saturated heterocycles. The number of carbonyl (C=O) groups is 1. The fraction of sp³-hybridized carbons (Fsp3) is 0.304. The molecular weight excluding hydrogens is 354 g/mol. The van der Waals surface area contributed by atoms with Gasteiger partial charge in [0, 0.05) is 36.8 Å². The molecule has 0 amide bonds. The minimum atomic E-state index is -0.453. The Labute approximate surface area is 164 Å². The summed E-state index contributed by atoms with van der Waals surface area (Å²) in [5.74, 6) is -0.0927. The molecule has 0 unspecified atom stereocenters. The van der Waals surface area contributed by atoms with Crippen LogP contribution in [-0.2, 0) is 11.3 Å². The smallest absolute Gasteiger partial charge is 0.338 e. The van der Waals surface area contributed by atoms with E-state index in [1.165, 1.54) is 11.6 Å². The van der Waals surface area contributed by atoms with E-state index < -0.39 is 11.6 Å². The molecule has 0 atom stereocenters. The van der Waals surface area contributed by atoms with Gasteiger partial charge in [0.1, 0.15) is 12.2 Å². The Kier molecular flexibility index (Phi) is 5.54. The molecule has 3 aromatic rings.